The summed E-state index contributed by atoms with van der Waals surface area (Å²) in [6, 6.07) is 7.82. The van der Waals surface area contributed by atoms with E-state index in [4.69, 9.17) is 0 Å². The molecular weight excluding hydrogens is 510 g/mol. The van der Waals surface area contributed by atoms with E-state index in [0.717, 1.165) is 0 Å². The Hall–Kier alpha value is -0.0969. The van der Waals surface area contributed by atoms with Crippen LogP contribution in [0.4, 0.5) is 0 Å². The zero-order valence-corrected chi connectivity index (χ0v) is 24.7. The maximum atomic E-state index is 2.62. The van der Waals surface area contributed by atoms with E-state index in [0.29, 0.717) is 0 Å². The summed E-state index contributed by atoms with van der Waals surface area (Å²) in [4.78, 5) is 0. The number of aryl methyl sites for hydroxylation is 3. The molecule has 1 aliphatic carbocycles. The number of hydrogen-bond acceptors (Lipinski definition) is 0. The van der Waals surface area contributed by atoms with Crippen LogP contribution < -0.4 is 28.1 Å². The molecule has 32 heavy (non-hydrogen) atoms. The van der Waals surface area contributed by atoms with E-state index >= 15 is 0 Å². The minimum absolute atomic E-state index is 0. The van der Waals surface area contributed by atoms with Gasteiger partial charge in [-0.1, -0.05) is 0 Å². The molecule has 0 saturated carbocycles. The SMILES string of the molecule is CCCCc1cc2c(cc1CCCC)-c1cc(CCCC)c(CCCC)[c]([Zr+2])c1C2.[Cl-].[Cl-]. The summed E-state index contributed by atoms with van der Waals surface area (Å²) in [7, 11) is 0. The number of fused-ring (bicyclic) bond motifs is 3. The molecule has 0 N–H and O–H groups in total. The summed E-state index contributed by atoms with van der Waals surface area (Å²) in [5.41, 5.74) is 13.1. The van der Waals surface area contributed by atoms with Gasteiger partial charge in [0, 0.05) is 0 Å². The van der Waals surface area contributed by atoms with Crippen LogP contribution in [0.3, 0.4) is 0 Å². The molecule has 3 heteroatoms. The largest absolute Gasteiger partial charge is 1.00 e. The molecule has 1 aliphatic rings. The molecule has 0 saturated heterocycles. The molecule has 0 radical (unpaired) electrons. The van der Waals surface area contributed by atoms with Gasteiger partial charge in [0.15, 0.2) is 0 Å². The van der Waals surface area contributed by atoms with Crippen LogP contribution in [0.5, 0.6) is 0 Å². The van der Waals surface area contributed by atoms with Gasteiger partial charge in [-0.2, -0.15) is 0 Å². The molecule has 0 atom stereocenters. The van der Waals surface area contributed by atoms with Crippen molar-refractivity contribution in [3.05, 3.63) is 51.6 Å². The van der Waals surface area contributed by atoms with E-state index in [2.05, 4.69) is 45.9 Å². The standard InChI is InChI=1S/C29H41.2ClH.Zr/c1-5-9-13-22-17-26-19-27-18-23(14-10-6-2)25(16-12-8-4)21-29(27)28(26)20-24(22)15-11-7-3;;;/h17,20-21H,5-16,19H2,1-4H3;2*1H;/q;;;+2/p-2. The molecule has 0 heterocycles. The second-order valence-electron chi connectivity index (χ2n) is 9.28. The Bertz CT molecular complexity index is 857. The maximum absolute atomic E-state index is 2.62. The zero-order valence-electron chi connectivity index (χ0n) is 20.7. The van der Waals surface area contributed by atoms with Crippen LogP contribution in [-0.2, 0) is 56.8 Å². The smallest absolute Gasteiger partial charge is 1.00 e. The quantitative estimate of drug-likeness (QED) is 0.322. The van der Waals surface area contributed by atoms with Crippen molar-refractivity contribution in [3.8, 4) is 11.1 Å². The summed E-state index contributed by atoms with van der Waals surface area (Å²) in [6.07, 6.45) is 16.6. The van der Waals surface area contributed by atoms with Gasteiger partial charge in [-0.05, 0) is 0 Å². The van der Waals surface area contributed by atoms with Crippen molar-refractivity contribution in [2.45, 2.75) is 111 Å². The Morgan fingerprint density at radius 1 is 0.625 bits per heavy atom. The molecule has 0 bridgehead atoms. The molecular formula is C29H41Cl2Zr. The van der Waals surface area contributed by atoms with Crippen LogP contribution in [0.15, 0.2) is 18.2 Å². The second-order valence-corrected chi connectivity index (χ2v) is 10.5. The fraction of sp³-hybridized carbons (Fsp3) is 0.586. The van der Waals surface area contributed by atoms with Gasteiger partial charge in [-0.25, -0.2) is 0 Å². The Morgan fingerprint density at radius 3 is 1.66 bits per heavy atom. The Kier molecular flexibility index (Phi) is 14.0. The average molecular weight is 552 g/mol. The van der Waals surface area contributed by atoms with Gasteiger partial charge in [0.05, 0.1) is 0 Å². The van der Waals surface area contributed by atoms with Crippen LogP contribution in [0.25, 0.3) is 11.1 Å². The Balaban J connectivity index is 0.00000256. The van der Waals surface area contributed by atoms with Crippen molar-refractivity contribution in [1.29, 1.82) is 0 Å². The first-order valence-corrected chi connectivity index (χ1v) is 13.9. The summed E-state index contributed by atoms with van der Waals surface area (Å²) in [5, 5.41) is 0. The second kappa shape index (κ2) is 15.0. The zero-order chi connectivity index (χ0) is 21.5. The van der Waals surface area contributed by atoms with E-state index in [9.17, 15) is 0 Å². The van der Waals surface area contributed by atoms with Gasteiger partial charge < -0.3 is 24.8 Å². The van der Waals surface area contributed by atoms with Gasteiger partial charge >= 0.3 is 202 Å². The molecule has 0 aliphatic heterocycles. The van der Waals surface area contributed by atoms with Gasteiger partial charge in [-0.3, -0.25) is 0 Å². The fourth-order valence-corrected chi connectivity index (χ4v) is 6.26. The van der Waals surface area contributed by atoms with Crippen LogP contribution in [0, 0.1) is 0 Å². The number of benzene rings is 2. The van der Waals surface area contributed by atoms with E-state index in [1.807, 2.05) is 0 Å². The van der Waals surface area contributed by atoms with Gasteiger partial charge in [-0.15, -0.1) is 0 Å². The van der Waals surface area contributed by atoms with Crippen LogP contribution in [-0.4, -0.2) is 0 Å². The molecule has 2 aromatic rings. The minimum Gasteiger partial charge on any atom is -1.00 e. The van der Waals surface area contributed by atoms with Gasteiger partial charge in [0.1, 0.15) is 0 Å². The number of hydrogen-bond donors (Lipinski definition) is 0. The minimum atomic E-state index is 0. The van der Waals surface area contributed by atoms with Crippen molar-refractivity contribution in [2.24, 2.45) is 0 Å². The summed E-state index contributed by atoms with van der Waals surface area (Å²) < 4.78 is 1.70. The monoisotopic (exact) mass is 549 g/mol. The van der Waals surface area contributed by atoms with Crippen molar-refractivity contribution in [1.82, 2.24) is 0 Å². The predicted molar refractivity (Wildman–Crippen MR) is 129 cm³/mol. The normalized spacial score (nSPS) is 11.6. The first-order valence-electron chi connectivity index (χ1n) is 12.7. The van der Waals surface area contributed by atoms with Crippen LogP contribution >= 0.6 is 0 Å². The maximum Gasteiger partial charge on any atom is -1.00 e. The molecule has 3 rings (SSSR count). The first kappa shape index (κ1) is 29.9. The third kappa shape index (κ3) is 6.96. The van der Waals surface area contributed by atoms with Crippen molar-refractivity contribution in [3.63, 3.8) is 0 Å². The summed E-state index contributed by atoms with van der Waals surface area (Å²) in [6.45, 7) is 9.29. The van der Waals surface area contributed by atoms with Crippen molar-refractivity contribution in [2.75, 3.05) is 0 Å². The third-order valence-corrected chi connectivity index (χ3v) is 8.38. The molecule has 0 fully saturated rings. The molecule has 2 aromatic carbocycles. The molecule has 0 nitrogen and oxygen atoms in total. The van der Waals surface area contributed by atoms with E-state index in [1.54, 1.807) is 72.5 Å². The van der Waals surface area contributed by atoms with Crippen LogP contribution in [0.1, 0.15) is 112 Å². The summed E-state index contributed by atoms with van der Waals surface area (Å²) in [5.74, 6) is 0. The Labute approximate surface area is 225 Å². The van der Waals surface area contributed by atoms with E-state index in [1.165, 1.54) is 83.5 Å². The van der Waals surface area contributed by atoms with E-state index in [-0.39, 0.29) is 24.8 Å². The number of rotatable bonds is 12. The van der Waals surface area contributed by atoms with Crippen LogP contribution in [0.2, 0.25) is 0 Å². The van der Waals surface area contributed by atoms with Crippen molar-refractivity contribution >= 4 is 3.27 Å². The molecule has 0 amide bonds. The van der Waals surface area contributed by atoms with E-state index < -0.39 is 0 Å². The van der Waals surface area contributed by atoms with Crippen molar-refractivity contribution < 1.29 is 49.5 Å². The topological polar surface area (TPSA) is 0 Å². The number of halogens is 2. The molecule has 0 unspecified atom stereocenters. The molecule has 0 aromatic heterocycles. The summed E-state index contributed by atoms with van der Waals surface area (Å²) >= 11 is 1.62. The molecule has 175 valence electrons. The Morgan fingerprint density at radius 2 is 1.09 bits per heavy atom. The third-order valence-electron chi connectivity index (χ3n) is 6.90. The average Bonchev–Trinajstić information content (AvgIpc) is 3.11. The van der Waals surface area contributed by atoms with Gasteiger partial charge in [0.25, 0.3) is 0 Å². The number of unbranched alkanes of at least 4 members (excludes halogenated alkanes) is 4. The van der Waals surface area contributed by atoms with Gasteiger partial charge in [0.2, 0.25) is 0 Å². The fourth-order valence-electron chi connectivity index (χ4n) is 5.01. The molecule has 0 spiro atoms. The predicted octanol–water partition coefficient (Wildman–Crippen LogP) is 1.81. The first-order chi connectivity index (χ1) is 14.6.